The summed E-state index contributed by atoms with van der Waals surface area (Å²) in [6.45, 7) is 1.90. The molecule has 4 N–H and O–H groups in total. The van der Waals surface area contributed by atoms with Gasteiger partial charge in [0.05, 0.1) is 6.61 Å². The average molecular weight is 158 g/mol. The summed E-state index contributed by atoms with van der Waals surface area (Å²) in [4.78, 5) is 0. The summed E-state index contributed by atoms with van der Waals surface area (Å²) >= 11 is 0. The molecule has 0 radical (unpaired) electrons. The Labute approximate surface area is 68.0 Å². The predicted molar refractivity (Wildman–Crippen MR) is 45.3 cm³/mol. The maximum absolute atomic E-state index is 8.61. The first-order valence-corrected chi connectivity index (χ1v) is 4.40. The molecule has 3 nitrogen and oxygen atoms in total. The van der Waals surface area contributed by atoms with Crippen molar-refractivity contribution in [1.29, 1.82) is 0 Å². The average Bonchev–Trinajstić information content (AvgIpc) is 1.94. The van der Waals surface area contributed by atoms with Crippen LogP contribution >= 0.6 is 0 Å². The van der Waals surface area contributed by atoms with Gasteiger partial charge in [0.1, 0.15) is 0 Å². The fraction of sp³-hybridized carbons (Fsp3) is 1.00. The van der Waals surface area contributed by atoms with E-state index in [2.05, 4.69) is 5.32 Å². The van der Waals surface area contributed by atoms with Crippen molar-refractivity contribution in [2.45, 2.75) is 25.3 Å². The third-order valence-electron chi connectivity index (χ3n) is 2.30. The Morgan fingerprint density at radius 2 is 2.27 bits per heavy atom. The van der Waals surface area contributed by atoms with Crippen molar-refractivity contribution in [3.8, 4) is 0 Å². The van der Waals surface area contributed by atoms with Crippen LogP contribution in [0.25, 0.3) is 0 Å². The van der Waals surface area contributed by atoms with Crippen LogP contribution in [0.5, 0.6) is 0 Å². The molecule has 0 spiro atoms. The van der Waals surface area contributed by atoms with Crippen LogP contribution < -0.4 is 11.1 Å². The smallest absolute Gasteiger partial charge is 0.0594 e. The largest absolute Gasteiger partial charge is 0.395 e. The van der Waals surface area contributed by atoms with Gasteiger partial charge < -0.3 is 16.2 Å². The Kier molecular flexibility index (Phi) is 3.83. The molecule has 1 atom stereocenters. The topological polar surface area (TPSA) is 58.3 Å². The highest BCUT2D eigenvalue weighted by Gasteiger charge is 2.16. The molecular formula is C8H18N2O. The van der Waals surface area contributed by atoms with Gasteiger partial charge in [0.25, 0.3) is 0 Å². The van der Waals surface area contributed by atoms with Crippen molar-refractivity contribution in [2.24, 2.45) is 11.7 Å². The van der Waals surface area contributed by atoms with Crippen LogP contribution in [0.15, 0.2) is 0 Å². The molecule has 1 saturated carbocycles. The van der Waals surface area contributed by atoms with Crippen LogP contribution in [0, 0.1) is 5.92 Å². The van der Waals surface area contributed by atoms with Crippen LogP contribution in [0.3, 0.4) is 0 Å². The van der Waals surface area contributed by atoms with Crippen LogP contribution in [0.4, 0.5) is 0 Å². The molecule has 1 aliphatic rings. The molecule has 0 heterocycles. The summed E-state index contributed by atoms with van der Waals surface area (Å²) in [5, 5.41) is 11.9. The second-order valence-electron chi connectivity index (χ2n) is 3.40. The first-order chi connectivity index (χ1) is 5.33. The number of nitrogens with one attached hydrogen (secondary N) is 1. The zero-order chi connectivity index (χ0) is 8.10. The molecule has 0 aromatic rings. The fourth-order valence-electron chi connectivity index (χ4n) is 1.23. The minimum absolute atomic E-state index is 0.0810. The lowest BCUT2D eigenvalue weighted by Gasteiger charge is -2.25. The van der Waals surface area contributed by atoms with E-state index in [9.17, 15) is 0 Å². The normalized spacial score (nSPS) is 21.3. The van der Waals surface area contributed by atoms with E-state index in [1.54, 1.807) is 0 Å². The van der Waals surface area contributed by atoms with Crippen LogP contribution in [0.1, 0.15) is 19.3 Å². The molecule has 0 saturated heterocycles. The highest BCUT2D eigenvalue weighted by molar-refractivity contribution is 4.73. The standard InChI is InChI=1S/C8H18N2O/c9-8(6-11)5-10-4-7-2-1-3-7/h7-8,10-11H,1-6,9H2. The molecular weight excluding hydrogens is 140 g/mol. The van der Waals surface area contributed by atoms with E-state index in [0.29, 0.717) is 0 Å². The van der Waals surface area contributed by atoms with Crippen molar-refractivity contribution in [3.05, 3.63) is 0 Å². The third-order valence-corrected chi connectivity index (χ3v) is 2.30. The number of aliphatic hydroxyl groups excluding tert-OH is 1. The maximum atomic E-state index is 8.61. The molecule has 0 aliphatic heterocycles. The van der Waals surface area contributed by atoms with E-state index >= 15 is 0 Å². The summed E-state index contributed by atoms with van der Waals surface area (Å²) in [5.41, 5.74) is 5.51. The van der Waals surface area contributed by atoms with E-state index < -0.39 is 0 Å². The van der Waals surface area contributed by atoms with E-state index in [0.717, 1.165) is 19.0 Å². The quantitative estimate of drug-likeness (QED) is 0.514. The van der Waals surface area contributed by atoms with E-state index in [4.69, 9.17) is 10.8 Å². The SMILES string of the molecule is NC(CO)CNCC1CCC1. The molecule has 11 heavy (non-hydrogen) atoms. The van der Waals surface area contributed by atoms with Crippen molar-refractivity contribution < 1.29 is 5.11 Å². The monoisotopic (exact) mass is 158 g/mol. The zero-order valence-corrected chi connectivity index (χ0v) is 6.92. The lowest BCUT2D eigenvalue weighted by Crippen LogP contribution is -2.39. The maximum Gasteiger partial charge on any atom is 0.0594 e. The van der Waals surface area contributed by atoms with Gasteiger partial charge >= 0.3 is 0 Å². The van der Waals surface area contributed by atoms with E-state index in [1.165, 1.54) is 19.3 Å². The van der Waals surface area contributed by atoms with E-state index in [1.807, 2.05) is 0 Å². The number of hydrogen-bond acceptors (Lipinski definition) is 3. The van der Waals surface area contributed by atoms with Gasteiger partial charge in [0.2, 0.25) is 0 Å². The molecule has 0 aromatic carbocycles. The Bertz CT molecular complexity index is 99.5. The second kappa shape index (κ2) is 4.70. The van der Waals surface area contributed by atoms with Gasteiger partial charge in [-0.1, -0.05) is 6.42 Å². The molecule has 66 valence electrons. The number of rotatable bonds is 5. The van der Waals surface area contributed by atoms with Crippen molar-refractivity contribution >= 4 is 0 Å². The summed E-state index contributed by atoms with van der Waals surface area (Å²) in [6, 6.07) is -0.0879. The molecule has 0 amide bonds. The Morgan fingerprint density at radius 3 is 2.73 bits per heavy atom. The lowest BCUT2D eigenvalue weighted by molar-refractivity contribution is 0.252. The molecule has 1 unspecified atom stereocenters. The lowest BCUT2D eigenvalue weighted by atomic mass is 9.85. The van der Waals surface area contributed by atoms with Gasteiger partial charge in [-0.25, -0.2) is 0 Å². The third kappa shape index (κ3) is 3.18. The van der Waals surface area contributed by atoms with Crippen LogP contribution in [0.2, 0.25) is 0 Å². The van der Waals surface area contributed by atoms with Gasteiger partial charge in [-0.3, -0.25) is 0 Å². The van der Waals surface area contributed by atoms with Crippen LogP contribution in [-0.4, -0.2) is 30.8 Å². The van der Waals surface area contributed by atoms with Gasteiger partial charge in [-0.15, -0.1) is 0 Å². The molecule has 3 heteroatoms. The molecule has 0 aromatic heterocycles. The van der Waals surface area contributed by atoms with Gasteiger partial charge in [-0.2, -0.15) is 0 Å². The first kappa shape index (κ1) is 8.97. The number of hydrogen-bond donors (Lipinski definition) is 3. The zero-order valence-electron chi connectivity index (χ0n) is 6.92. The first-order valence-electron chi connectivity index (χ1n) is 4.40. The molecule has 1 aliphatic carbocycles. The summed E-state index contributed by atoms with van der Waals surface area (Å²) < 4.78 is 0. The minimum atomic E-state index is -0.0879. The van der Waals surface area contributed by atoms with Gasteiger partial charge in [0.15, 0.2) is 0 Å². The number of nitrogens with two attached hydrogens (primary N) is 1. The molecule has 1 fully saturated rings. The number of aliphatic hydroxyl groups is 1. The van der Waals surface area contributed by atoms with Gasteiger partial charge in [-0.05, 0) is 25.3 Å². The summed E-state index contributed by atoms with van der Waals surface area (Å²) in [6.07, 6.45) is 4.11. The van der Waals surface area contributed by atoms with Crippen LogP contribution in [-0.2, 0) is 0 Å². The van der Waals surface area contributed by atoms with Crippen molar-refractivity contribution in [2.75, 3.05) is 19.7 Å². The molecule has 1 rings (SSSR count). The summed E-state index contributed by atoms with van der Waals surface area (Å²) in [5.74, 6) is 0.876. The van der Waals surface area contributed by atoms with Crippen molar-refractivity contribution in [1.82, 2.24) is 5.32 Å². The second-order valence-corrected chi connectivity index (χ2v) is 3.40. The Hall–Kier alpha value is -0.120. The molecule has 0 bridgehead atoms. The fourth-order valence-corrected chi connectivity index (χ4v) is 1.23. The Balaban J connectivity index is 1.86. The van der Waals surface area contributed by atoms with Gasteiger partial charge in [0, 0.05) is 12.6 Å². The Morgan fingerprint density at radius 1 is 1.55 bits per heavy atom. The highest BCUT2D eigenvalue weighted by Crippen LogP contribution is 2.24. The van der Waals surface area contributed by atoms with E-state index in [-0.39, 0.29) is 12.6 Å². The minimum Gasteiger partial charge on any atom is -0.395 e. The summed E-state index contributed by atoms with van der Waals surface area (Å²) in [7, 11) is 0. The highest BCUT2D eigenvalue weighted by atomic mass is 16.3. The predicted octanol–water partition coefficient (Wildman–Crippen LogP) is -0.304. The van der Waals surface area contributed by atoms with Crippen molar-refractivity contribution in [3.63, 3.8) is 0 Å².